The number of hydrogen-bond acceptors (Lipinski definition) is 6. The second-order valence-electron chi connectivity index (χ2n) is 10.6. The molecule has 3 heterocycles. The maximum atomic E-state index is 11.7. The number of carboxylic acids is 1. The van der Waals surface area contributed by atoms with Gasteiger partial charge in [-0.25, -0.2) is 9.97 Å². The average molecular weight is 499 g/mol. The number of rotatable bonds is 11. The molecule has 2 aromatic heterocycles. The van der Waals surface area contributed by atoms with Crippen LogP contribution in [0.1, 0.15) is 84.4 Å². The van der Waals surface area contributed by atoms with Crippen LogP contribution in [0.3, 0.4) is 0 Å². The van der Waals surface area contributed by atoms with Gasteiger partial charge in [0.2, 0.25) is 0 Å². The average Bonchev–Trinajstić information content (AvgIpc) is 3.82. The van der Waals surface area contributed by atoms with Crippen molar-refractivity contribution >= 4 is 17.6 Å². The normalized spacial score (nSPS) is 17.4. The predicted molar refractivity (Wildman–Crippen MR) is 143 cm³/mol. The fourth-order valence-corrected chi connectivity index (χ4v) is 5.15. The second-order valence-corrected chi connectivity index (χ2v) is 10.6. The van der Waals surface area contributed by atoms with Gasteiger partial charge in [0.25, 0.3) is 0 Å². The molecule has 192 valence electrons. The highest BCUT2D eigenvalue weighted by Crippen LogP contribution is 2.46. The Morgan fingerprint density at radius 3 is 2.54 bits per heavy atom. The fraction of sp³-hybridized carbons (Fsp3) is 0.433. The molecule has 0 saturated heterocycles. The van der Waals surface area contributed by atoms with E-state index in [2.05, 4.69) is 45.9 Å². The molecule has 2 fully saturated rings. The monoisotopic (exact) mass is 498 g/mol. The number of pyridine rings is 2. The van der Waals surface area contributed by atoms with Crippen molar-refractivity contribution in [3.8, 4) is 5.75 Å². The molecule has 3 N–H and O–H groups in total. The van der Waals surface area contributed by atoms with Crippen LogP contribution >= 0.6 is 0 Å². The molecule has 0 amide bonds. The lowest BCUT2D eigenvalue weighted by Gasteiger charge is -2.20. The van der Waals surface area contributed by atoms with Crippen LogP contribution in [0.2, 0.25) is 0 Å². The number of nitrogens with zero attached hydrogens (tertiary/aromatic N) is 2. The first kappa shape index (κ1) is 23.8. The molecule has 0 bridgehead atoms. The number of fused-ring (bicyclic) bond motifs is 1. The molecule has 2 saturated carbocycles. The molecule has 1 unspecified atom stereocenters. The summed E-state index contributed by atoms with van der Waals surface area (Å²) in [5, 5.41) is 16.4. The molecule has 37 heavy (non-hydrogen) atoms. The largest absolute Gasteiger partial charge is 0.492 e. The Morgan fingerprint density at radius 1 is 1.08 bits per heavy atom. The van der Waals surface area contributed by atoms with Crippen molar-refractivity contribution in [2.24, 2.45) is 0 Å². The third-order valence-electron chi connectivity index (χ3n) is 7.52. The summed E-state index contributed by atoms with van der Waals surface area (Å²) in [4.78, 5) is 21.0. The van der Waals surface area contributed by atoms with Crippen LogP contribution in [0, 0.1) is 0 Å². The molecule has 7 heteroatoms. The van der Waals surface area contributed by atoms with E-state index >= 15 is 0 Å². The minimum Gasteiger partial charge on any atom is -0.492 e. The fourth-order valence-electron chi connectivity index (χ4n) is 5.15. The summed E-state index contributed by atoms with van der Waals surface area (Å²) in [6, 6.07) is 14.4. The van der Waals surface area contributed by atoms with Crippen LogP contribution in [0.15, 0.2) is 48.7 Å². The van der Waals surface area contributed by atoms with Gasteiger partial charge in [-0.1, -0.05) is 24.3 Å². The number of aliphatic carboxylic acids is 1. The van der Waals surface area contributed by atoms with Gasteiger partial charge in [0, 0.05) is 18.7 Å². The summed E-state index contributed by atoms with van der Waals surface area (Å²) in [7, 11) is 0. The zero-order chi connectivity index (χ0) is 25.2. The van der Waals surface area contributed by atoms with Gasteiger partial charge in [0.1, 0.15) is 17.4 Å². The summed E-state index contributed by atoms with van der Waals surface area (Å²) in [6.45, 7) is 1.49. The molecule has 0 radical (unpaired) electrons. The minimum atomic E-state index is -0.826. The van der Waals surface area contributed by atoms with Crippen LogP contribution in [-0.2, 0) is 17.6 Å². The van der Waals surface area contributed by atoms with E-state index in [9.17, 15) is 9.90 Å². The number of aromatic nitrogens is 2. The SMILES string of the molecule is O=C(O)CC(Nc1ccc(OCCc2ccc3c(n2)NCCC3)cn1)c1cc(C2CC2)cc(C2CC2)c1. The third-order valence-corrected chi connectivity index (χ3v) is 7.52. The Balaban J connectivity index is 1.10. The molecule has 2 aliphatic carbocycles. The van der Waals surface area contributed by atoms with Gasteiger partial charge in [0.05, 0.1) is 25.3 Å². The van der Waals surface area contributed by atoms with E-state index in [-0.39, 0.29) is 12.5 Å². The van der Waals surface area contributed by atoms with E-state index in [1.165, 1.54) is 42.4 Å². The molecule has 7 nitrogen and oxygen atoms in total. The van der Waals surface area contributed by atoms with Crippen molar-refractivity contribution in [2.45, 2.75) is 69.2 Å². The van der Waals surface area contributed by atoms with Gasteiger partial charge in [-0.05, 0) is 90.8 Å². The Hall–Kier alpha value is -3.61. The first-order chi connectivity index (χ1) is 18.1. The number of carboxylic acid groups (broad SMARTS) is 1. The van der Waals surface area contributed by atoms with Gasteiger partial charge in [-0.2, -0.15) is 0 Å². The first-order valence-corrected chi connectivity index (χ1v) is 13.6. The highest BCUT2D eigenvalue weighted by molar-refractivity contribution is 5.69. The number of hydrogen-bond donors (Lipinski definition) is 3. The van der Waals surface area contributed by atoms with Crippen LogP contribution in [0.25, 0.3) is 0 Å². The number of benzene rings is 1. The van der Waals surface area contributed by atoms with Crippen LogP contribution in [0.5, 0.6) is 5.75 Å². The van der Waals surface area contributed by atoms with Gasteiger partial charge >= 0.3 is 5.97 Å². The summed E-state index contributed by atoms with van der Waals surface area (Å²) < 4.78 is 5.92. The number of ether oxygens (including phenoxy) is 1. The van der Waals surface area contributed by atoms with Crippen molar-refractivity contribution in [3.63, 3.8) is 0 Å². The first-order valence-electron chi connectivity index (χ1n) is 13.6. The number of anilines is 2. The molecular formula is C30H34N4O3. The van der Waals surface area contributed by atoms with E-state index in [1.807, 2.05) is 12.1 Å². The van der Waals surface area contributed by atoms with Gasteiger partial charge in [-0.15, -0.1) is 0 Å². The summed E-state index contributed by atoms with van der Waals surface area (Å²) in [5.41, 5.74) is 6.06. The second kappa shape index (κ2) is 10.4. The summed E-state index contributed by atoms with van der Waals surface area (Å²) >= 11 is 0. The standard InChI is InChI=1S/C30H34N4O3/c35-29(36)17-27(24-15-22(19-3-4-19)14-23(16-24)20-5-6-20)34-28-10-9-26(18-32-28)37-13-11-25-8-7-21-2-1-12-31-30(21)33-25/h7-10,14-16,18-20,27H,1-6,11-13,17H2,(H,31,33)(H,32,34)(H,35,36). The van der Waals surface area contributed by atoms with Crippen LogP contribution < -0.4 is 15.4 Å². The van der Waals surface area contributed by atoms with Gasteiger partial charge in [-0.3, -0.25) is 4.79 Å². The number of carbonyl (C=O) groups is 1. The lowest BCUT2D eigenvalue weighted by molar-refractivity contribution is -0.137. The molecular weight excluding hydrogens is 464 g/mol. The number of nitrogens with one attached hydrogen (secondary N) is 2. The van der Waals surface area contributed by atoms with Gasteiger partial charge < -0.3 is 20.5 Å². The third kappa shape index (κ3) is 6.04. The van der Waals surface area contributed by atoms with E-state index in [1.54, 1.807) is 6.20 Å². The Morgan fingerprint density at radius 2 is 1.86 bits per heavy atom. The van der Waals surface area contributed by atoms with Crippen LogP contribution in [-0.4, -0.2) is 34.2 Å². The van der Waals surface area contributed by atoms with E-state index in [4.69, 9.17) is 9.72 Å². The zero-order valence-electron chi connectivity index (χ0n) is 21.1. The van der Waals surface area contributed by atoms with Crippen molar-refractivity contribution in [1.29, 1.82) is 0 Å². The topological polar surface area (TPSA) is 96.4 Å². The minimum absolute atomic E-state index is 0.000787. The highest BCUT2D eigenvalue weighted by Gasteiger charge is 2.30. The molecule has 1 atom stereocenters. The zero-order valence-corrected chi connectivity index (χ0v) is 21.1. The Kier molecular flexibility index (Phi) is 6.68. The number of aryl methyl sites for hydroxylation is 1. The lowest BCUT2D eigenvalue weighted by atomic mass is 9.94. The van der Waals surface area contributed by atoms with Crippen molar-refractivity contribution < 1.29 is 14.6 Å². The molecule has 1 aliphatic heterocycles. The van der Waals surface area contributed by atoms with E-state index in [0.29, 0.717) is 30.0 Å². The smallest absolute Gasteiger partial charge is 0.305 e. The molecule has 3 aliphatic rings. The van der Waals surface area contributed by atoms with Crippen molar-refractivity contribution in [1.82, 2.24) is 9.97 Å². The maximum Gasteiger partial charge on any atom is 0.305 e. The molecule has 3 aromatic rings. The molecule has 0 spiro atoms. The Bertz CT molecular complexity index is 1240. The summed E-state index contributed by atoms with van der Waals surface area (Å²) in [5.74, 6) is 2.77. The lowest BCUT2D eigenvalue weighted by Crippen LogP contribution is -2.16. The van der Waals surface area contributed by atoms with Crippen molar-refractivity contribution in [3.05, 3.63) is 76.6 Å². The Labute approximate surface area is 217 Å². The molecule has 1 aromatic carbocycles. The quantitative estimate of drug-likeness (QED) is 0.306. The van der Waals surface area contributed by atoms with E-state index < -0.39 is 5.97 Å². The van der Waals surface area contributed by atoms with E-state index in [0.717, 1.165) is 42.9 Å². The van der Waals surface area contributed by atoms with Crippen LogP contribution in [0.4, 0.5) is 11.6 Å². The van der Waals surface area contributed by atoms with Gasteiger partial charge in [0.15, 0.2) is 0 Å². The van der Waals surface area contributed by atoms with Crippen molar-refractivity contribution in [2.75, 3.05) is 23.8 Å². The predicted octanol–water partition coefficient (Wildman–Crippen LogP) is 5.84. The highest BCUT2D eigenvalue weighted by atomic mass is 16.5. The summed E-state index contributed by atoms with van der Waals surface area (Å²) in [6.07, 6.45) is 9.56. The maximum absolute atomic E-state index is 11.7. The molecule has 6 rings (SSSR count).